The molecule has 2 saturated heterocycles. The summed E-state index contributed by atoms with van der Waals surface area (Å²) in [6.45, 7) is 9.20. The Morgan fingerprint density at radius 3 is 2.32 bits per heavy atom. The highest BCUT2D eigenvalue weighted by molar-refractivity contribution is 5.66. The van der Waals surface area contributed by atoms with Gasteiger partial charge >= 0.3 is 11.9 Å². The van der Waals surface area contributed by atoms with Crippen LogP contribution in [0.1, 0.15) is 66.7 Å². The first kappa shape index (κ1) is 21.7. The summed E-state index contributed by atoms with van der Waals surface area (Å²) in [5.74, 6) is -0.403. The van der Waals surface area contributed by atoms with Crippen LogP contribution < -0.4 is 0 Å². The lowest BCUT2D eigenvalue weighted by Crippen LogP contribution is -2.71. The Hall–Kier alpha value is -1.18. The van der Waals surface area contributed by atoms with Gasteiger partial charge in [-0.15, -0.1) is 0 Å². The van der Waals surface area contributed by atoms with Crippen molar-refractivity contribution in [1.82, 2.24) is 0 Å². The van der Waals surface area contributed by atoms with E-state index in [1.54, 1.807) is 0 Å². The molecule has 0 amide bonds. The number of aliphatic hydroxyl groups excluding tert-OH is 2. The molecular weight excluding hydrogens is 400 g/mol. The smallest absolute Gasteiger partial charge is 0.302 e. The molecule has 6 aliphatic rings. The van der Waals surface area contributed by atoms with Gasteiger partial charge in [0.2, 0.25) is 0 Å². The topological polar surface area (TPSA) is 102 Å². The van der Waals surface area contributed by atoms with E-state index >= 15 is 0 Å². The largest absolute Gasteiger partial charge is 0.462 e. The quantitative estimate of drug-likeness (QED) is 0.654. The Labute approximate surface area is 183 Å². The number of rotatable bonds is 3. The third-order valence-corrected chi connectivity index (χ3v) is 10.0. The number of fused-ring (bicyclic) bond motifs is 1. The van der Waals surface area contributed by atoms with Crippen molar-refractivity contribution in [3.05, 3.63) is 0 Å². The van der Waals surface area contributed by atoms with E-state index in [-0.39, 0.29) is 60.0 Å². The molecule has 2 N–H and O–H groups in total. The molecule has 174 valence electrons. The van der Waals surface area contributed by atoms with Gasteiger partial charge in [0.05, 0.1) is 18.8 Å². The van der Waals surface area contributed by atoms with Crippen molar-refractivity contribution in [3.63, 3.8) is 0 Å². The van der Waals surface area contributed by atoms with Crippen molar-refractivity contribution in [1.29, 1.82) is 0 Å². The van der Waals surface area contributed by atoms with Gasteiger partial charge in [0.1, 0.15) is 17.8 Å². The van der Waals surface area contributed by atoms with Gasteiger partial charge < -0.3 is 24.4 Å². The lowest BCUT2D eigenvalue weighted by molar-refractivity contribution is -0.306. The van der Waals surface area contributed by atoms with Gasteiger partial charge in [-0.1, -0.05) is 20.8 Å². The van der Waals surface area contributed by atoms with E-state index < -0.39 is 22.5 Å². The Bertz CT molecular complexity index is 810. The van der Waals surface area contributed by atoms with Crippen molar-refractivity contribution in [2.45, 2.75) is 96.7 Å². The SMILES string of the molecule is CC(=O)OC1CC23CC4CC(OC4(CO)C2O)C3C2(C)CCC(OC(C)=O)C(C)(C)C12. The maximum Gasteiger partial charge on any atom is 0.302 e. The average Bonchev–Trinajstić information content (AvgIpc) is 3.02. The molecule has 6 fully saturated rings. The predicted octanol–water partition coefficient (Wildman–Crippen LogP) is 2.21. The zero-order valence-corrected chi connectivity index (χ0v) is 19.2. The standard InChI is InChI=1S/C24H36O7/c1-12(26)29-16-10-23-9-14-8-15(31-24(14,11-25)20(23)28)19(23)22(5)7-6-17(30-13(2)27)21(3,4)18(16)22/h14-20,25,28H,6-11H2,1-5H3. The molecule has 31 heavy (non-hydrogen) atoms. The molecule has 1 spiro atoms. The number of hydrogen-bond donors (Lipinski definition) is 2. The summed E-state index contributed by atoms with van der Waals surface area (Å²) in [6.07, 6.45) is 2.34. The first-order chi connectivity index (χ1) is 14.4. The van der Waals surface area contributed by atoms with Crippen molar-refractivity contribution in [2.24, 2.45) is 34.0 Å². The van der Waals surface area contributed by atoms with Crippen LogP contribution in [0, 0.1) is 34.0 Å². The Morgan fingerprint density at radius 2 is 1.74 bits per heavy atom. The number of aliphatic hydroxyl groups is 2. The minimum atomic E-state index is -0.879. The molecule has 10 atom stereocenters. The molecule has 7 heteroatoms. The Balaban J connectivity index is 1.62. The zero-order valence-electron chi connectivity index (χ0n) is 19.2. The fourth-order valence-electron chi connectivity index (χ4n) is 9.53. The van der Waals surface area contributed by atoms with E-state index in [9.17, 15) is 19.8 Å². The molecule has 6 rings (SSSR count). The van der Waals surface area contributed by atoms with Gasteiger partial charge in [-0.05, 0) is 49.4 Å². The van der Waals surface area contributed by atoms with Crippen molar-refractivity contribution >= 4 is 11.9 Å². The summed E-state index contributed by atoms with van der Waals surface area (Å²) in [5, 5.41) is 21.8. The first-order valence-electron chi connectivity index (χ1n) is 11.7. The van der Waals surface area contributed by atoms with E-state index in [4.69, 9.17) is 14.2 Å². The highest BCUT2D eigenvalue weighted by Gasteiger charge is 2.81. The number of ether oxygens (including phenoxy) is 3. The highest BCUT2D eigenvalue weighted by Crippen LogP contribution is 2.77. The van der Waals surface area contributed by atoms with Crippen LogP contribution in [0.15, 0.2) is 0 Å². The van der Waals surface area contributed by atoms with E-state index in [0.717, 1.165) is 25.7 Å². The molecular formula is C24H36O7. The zero-order chi connectivity index (χ0) is 22.6. The fourth-order valence-corrected chi connectivity index (χ4v) is 9.53. The summed E-state index contributed by atoms with van der Waals surface area (Å²) in [4.78, 5) is 24.0. The minimum Gasteiger partial charge on any atom is -0.462 e. The number of carbonyl (C=O) groups excluding carboxylic acids is 2. The molecule has 4 bridgehead atoms. The Morgan fingerprint density at radius 1 is 1.06 bits per heavy atom. The average molecular weight is 437 g/mol. The van der Waals surface area contributed by atoms with Crippen LogP contribution in [-0.4, -0.2) is 58.8 Å². The summed E-state index contributed by atoms with van der Waals surface area (Å²) >= 11 is 0. The summed E-state index contributed by atoms with van der Waals surface area (Å²) in [7, 11) is 0. The van der Waals surface area contributed by atoms with E-state index in [2.05, 4.69) is 20.8 Å². The second-order valence-electron chi connectivity index (χ2n) is 11.8. The summed E-state index contributed by atoms with van der Waals surface area (Å²) in [5.41, 5.74) is -1.96. The highest BCUT2D eigenvalue weighted by atomic mass is 16.6. The molecule has 2 heterocycles. The monoisotopic (exact) mass is 436 g/mol. The van der Waals surface area contributed by atoms with E-state index in [0.29, 0.717) is 6.42 Å². The van der Waals surface area contributed by atoms with Gasteiger partial charge in [0.25, 0.3) is 0 Å². The van der Waals surface area contributed by atoms with Crippen LogP contribution in [0.25, 0.3) is 0 Å². The lowest BCUT2D eigenvalue weighted by Gasteiger charge is -2.69. The van der Waals surface area contributed by atoms with Gasteiger partial charge in [-0.2, -0.15) is 0 Å². The van der Waals surface area contributed by atoms with Crippen LogP contribution >= 0.6 is 0 Å². The lowest BCUT2D eigenvalue weighted by atomic mass is 9.39. The Kier molecular flexibility index (Phi) is 4.50. The first-order valence-corrected chi connectivity index (χ1v) is 11.7. The third kappa shape index (κ3) is 2.51. The molecule has 4 aliphatic carbocycles. The van der Waals surface area contributed by atoms with Gasteiger partial charge in [0.15, 0.2) is 0 Å². The predicted molar refractivity (Wildman–Crippen MR) is 110 cm³/mol. The van der Waals surface area contributed by atoms with E-state index in [1.807, 2.05) is 0 Å². The minimum absolute atomic E-state index is 0.0128. The normalized spacial score (nSPS) is 53.6. The number of carbonyl (C=O) groups is 2. The van der Waals surface area contributed by atoms with Crippen LogP contribution in [-0.2, 0) is 23.8 Å². The summed E-state index contributed by atoms with van der Waals surface area (Å²) in [6, 6.07) is 0. The van der Waals surface area contributed by atoms with Gasteiger partial charge in [0, 0.05) is 30.6 Å². The third-order valence-electron chi connectivity index (χ3n) is 10.0. The maximum atomic E-state index is 12.2. The van der Waals surface area contributed by atoms with Crippen molar-refractivity contribution in [2.75, 3.05) is 6.61 Å². The van der Waals surface area contributed by atoms with Crippen molar-refractivity contribution in [3.8, 4) is 0 Å². The molecule has 0 radical (unpaired) electrons. The van der Waals surface area contributed by atoms with Gasteiger partial charge in [-0.25, -0.2) is 0 Å². The fraction of sp³-hybridized carbons (Fsp3) is 0.917. The summed E-state index contributed by atoms with van der Waals surface area (Å²) < 4.78 is 18.2. The molecule has 2 aliphatic heterocycles. The molecule has 7 nitrogen and oxygen atoms in total. The van der Waals surface area contributed by atoms with Crippen LogP contribution in [0.5, 0.6) is 0 Å². The van der Waals surface area contributed by atoms with Crippen LogP contribution in [0.3, 0.4) is 0 Å². The second kappa shape index (κ2) is 6.45. The maximum absolute atomic E-state index is 12.2. The van der Waals surface area contributed by atoms with Crippen molar-refractivity contribution < 1.29 is 34.0 Å². The van der Waals surface area contributed by atoms with Crippen LogP contribution in [0.4, 0.5) is 0 Å². The molecule has 4 saturated carbocycles. The van der Waals surface area contributed by atoms with Gasteiger partial charge in [-0.3, -0.25) is 9.59 Å². The molecule has 0 aromatic rings. The second-order valence-corrected chi connectivity index (χ2v) is 11.8. The number of esters is 2. The number of hydrogen-bond acceptors (Lipinski definition) is 7. The molecule has 10 unspecified atom stereocenters. The van der Waals surface area contributed by atoms with Crippen LogP contribution in [0.2, 0.25) is 0 Å². The van der Waals surface area contributed by atoms with E-state index in [1.165, 1.54) is 13.8 Å². The molecule has 0 aromatic carbocycles. The molecule has 0 aromatic heterocycles.